The fraction of sp³-hybridized carbons (Fsp3) is 0.429. The molecule has 1 N–H and O–H groups in total. The van der Waals surface area contributed by atoms with E-state index in [-0.39, 0.29) is 12.5 Å². The second-order valence-electron chi connectivity index (χ2n) is 4.61. The number of hydrogen-bond acceptors (Lipinski definition) is 3. The first-order valence-corrected chi connectivity index (χ1v) is 5.94. The molecule has 4 nitrogen and oxygen atoms in total. The van der Waals surface area contributed by atoms with Crippen LogP contribution in [0.2, 0.25) is 0 Å². The zero-order chi connectivity index (χ0) is 13.5. The summed E-state index contributed by atoms with van der Waals surface area (Å²) in [5.41, 5.74) is 0.847. The summed E-state index contributed by atoms with van der Waals surface area (Å²) in [7, 11) is 0. The first-order chi connectivity index (χ1) is 8.50. The summed E-state index contributed by atoms with van der Waals surface area (Å²) in [5, 5.41) is 8.99. The lowest BCUT2D eigenvalue weighted by atomic mass is 9.97. The largest absolute Gasteiger partial charge is 0.481 e. The summed E-state index contributed by atoms with van der Waals surface area (Å²) < 4.78 is 5.03. The lowest BCUT2D eigenvalue weighted by Crippen LogP contribution is -2.27. The normalized spacial score (nSPS) is 12.2. The third kappa shape index (κ3) is 4.57. The maximum absolute atomic E-state index is 11.7. The molecule has 0 saturated carbocycles. The molecule has 0 aliphatic rings. The number of ether oxygens (including phenoxy) is 1. The van der Waals surface area contributed by atoms with Crippen LogP contribution in [0.4, 0.5) is 0 Å². The predicted octanol–water partition coefficient (Wildman–Crippen LogP) is 2.48. The van der Waals surface area contributed by atoms with Crippen molar-refractivity contribution in [3.05, 3.63) is 35.9 Å². The highest BCUT2D eigenvalue weighted by Crippen LogP contribution is 2.14. The van der Waals surface area contributed by atoms with Crippen LogP contribution in [0.5, 0.6) is 0 Å². The van der Waals surface area contributed by atoms with Gasteiger partial charge in [-0.25, -0.2) is 0 Å². The van der Waals surface area contributed by atoms with Gasteiger partial charge in [0, 0.05) is 0 Å². The van der Waals surface area contributed by atoms with Crippen LogP contribution in [0.3, 0.4) is 0 Å². The van der Waals surface area contributed by atoms with E-state index in [1.54, 1.807) is 0 Å². The third-order valence-electron chi connectivity index (χ3n) is 2.51. The molecule has 0 bridgehead atoms. The van der Waals surface area contributed by atoms with E-state index in [4.69, 9.17) is 9.84 Å². The number of carboxylic acids is 1. The Morgan fingerprint density at radius 2 is 1.83 bits per heavy atom. The van der Waals surface area contributed by atoms with Crippen LogP contribution in [-0.2, 0) is 20.9 Å². The van der Waals surface area contributed by atoms with Crippen LogP contribution in [0.1, 0.15) is 25.8 Å². The summed E-state index contributed by atoms with van der Waals surface area (Å²) in [6, 6.07) is 9.19. The average molecular weight is 250 g/mol. The van der Waals surface area contributed by atoms with Crippen LogP contribution in [0, 0.1) is 11.8 Å². The van der Waals surface area contributed by atoms with E-state index in [2.05, 4.69) is 0 Å². The van der Waals surface area contributed by atoms with Gasteiger partial charge in [0.1, 0.15) is 6.61 Å². The van der Waals surface area contributed by atoms with Gasteiger partial charge in [0.05, 0.1) is 0 Å². The van der Waals surface area contributed by atoms with Crippen molar-refractivity contribution in [3.63, 3.8) is 0 Å². The molecule has 0 saturated heterocycles. The van der Waals surface area contributed by atoms with E-state index in [0.29, 0.717) is 6.42 Å². The van der Waals surface area contributed by atoms with Crippen molar-refractivity contribution in [2.75, 3.05) is 0 Å². The molecule has 98 valence electrons. The lowest BCUT2D eigenvalue weighted by Gasteiger charge is -2.13. The molecule has 1 rings (SSSR count). The van der Waals surface area contributed by atoms with E-state index < -0.39 is 17.9 Å². The van der Waals surface area contributed by atoms with Gasteiger partial charge in [-0.2, -0.15) is 0 Å². The van der Waals surface area contributed by atoms with E-state index in [0.717, 1.165) is 5.56 Å². The molecular formula is C14H18O4. The minimum absolute atomic E-state index is 0.113. The van der Waals surface area contributed by atoms with Gasteiger partial charge in [-0.1, -0.05) is 44.2 Å². The van der Waals surface area contributed by atoms with Gasteiger partial charge in [-0.3, -0.25) is 9.59 Å². The van der Waals surface area contributed by atoms with Crippen molar-refractivity contribution in [2.24, 2.45) is 11.8 Å². The fourth-order valence-corrected chi connectivity index (χ4v) is 1.60. The van der Waals surface area contributed by atoms with E-state index in [1.807, 2.05) is 44.2 Å². The van der Waals surface area contributed by atoms with Gasteiger partial charge in [-0.05, 0) is 17.9 Å². The van der Waals surface area contributed by atoms with Crippen LogP contribution in [-0.4, -0.2) is 17.0 Å². The molecule has 0 unspecified atom stereocenters. The molecule has 0 amide bonds. The summed E-state index contributed by atoms with van der Waals surface area (Å²) in [6.07, 6.45) is 0.295. The monoisotopic (exact) mass is 250 g/mol. The van der Waals surface area contributed by atoms with Gasteiger partial charge in [-0.15, -0.1) is 0 Å². The Kier molecular flexibility index (Phi) is 5.36. The number of carboxylic acid groups (broad SMARTS) is 1. The summed E-state index contributed by atoms with van der Waals surface area (Å²) >= 11 is 0. The van der Waals surface area contributed by atoms with Crippen molar-refractivity contribution in [3.8, 4) is 0 Å². The highest BCUT2D eigenvalue weighted by Gasteiger charge is 2.28. The second kappa shape index (κ2) is 6.79. The average Bonchev–Trinajstić information content (AvgIpc) is 2.34. The SMILES string of the molecule is CC(C)C[C@@H](C(=O)O)C(=O)OCc1ccccc1. The Hall–Kier alpha value is -1.84. The second-order valence-corrected chi connectivity index (χ2v) is 4.61. The first kappa shape index (κ1) is 14.2. The molecule has 0 heterocycles. The van der Waals surface area contributed by atoms with Crippen molar-refractivity contribution in [1.82, 2.24) is 0 Å². The van der Waals surface area contributed by atoms with E-state index >= 15 is 0 Å². The summed E-state index contributed by atoms with van der Waals surface area (Å²) in [6.45, 7) is 3.86. The maximum Gasteiger partial charge on any atom is 0.320 e. The molecule has 1 atom stereocenters. The van der Waals surface area contributed by atoms with E-state index in [1.165, 1.54) is 0 Å². The molecule has 0 fully saturated rings. The molecular weight excluding hydrogens is 232 g/mol. The highest BCUT2D eigenvalue weighted by molar-refractivity contribution is 5.93. The standard InChI is InChI=1S/C14H18O4/c1-10(2)8-12(13(15)16)14(17)18-9-11-6-4-3-5-7-11/h3-7,10,12H,8-9H2,1-2H3,(H,15,16)/t12-/m0/s1. The number of benzene rings is 1. The molecule has 4 heteroatoms. The minimum atomic E-state index is -1.12. The molecule has 0 spiro atoms. The minimum Gasteiger partial charge on any atom is -0.481 e. The predicted molar refractivity (Wildman–Crippen MR) is 66.8 cm³/mol. The number of rotatable bonds is 6. The number of carbonyl (C=O) groups is 2. The van der Waals surface area contributed by atoms with Crippen molar-refractivity contribution < 1.29 is 19.4 Å². The van der Waals surface area contributed by atoms with Crippen LogP contribution < -0.4 is 0 Å². The highest BCUT2D eigenvalue weighted by atomic mass is 16.5. The number of esters is 1. The van der Waals surface area contributed by atoms with E-state index in [9.17, 15) is 9.59 Å². The molecule has 1 aromatic carbocycles. The molecule has 0 aliphatic heterocycles. The summed E-state index contributed by atoms with van der Waals surface area (Å²) in [4.78, 5) is 22.7. The molecule has 1 aromatic rings. The van der Waals surface area contributed by atoms with Crippen LogP contribution in [0.15, 0.2) is 30.3 Å². The van der Waals surface area contributed by atoms with Gasteiger partial charge in [0.25, 0.3) is 0 Å². The molecule has 0 aliphatic carbocycles. The molecule has 0 aromatic heterocycles. The van der Waals surface area contributed by atoms with Gasteiger partial charge >= 0.3 is 11.9 Å². The number of hydrogen-bond donors (Lipinski definition) is 1. The lowest BCUT2D eigenvalue weighted by molar-refractivity contribution is -0.160. The zero-order valence-corrected chi connectivity index (χ0v) is 10.6. The topological polar surface area (TPSA) is 63.6 Å². The Bertz CT molecular complexity index is 398. The van der Waals surface area contributed by atoms with Gasteiger partial charge < -0.3 is 9.84 Å². The zero-order valence-electron chi connectivity index (χ0n) is 10.6. The Morgan fingerprint density at radius 1 is 1.22 bits per heavy atom. The van der Waals surface area contributed by atoms with Crippen LogP contribution >= 0.6 is 0 Å². The maximum atomic E-state index is 11.7. The quantitative estimate of drug-likeness (QED) is 0.622. The van der Waals surface area contributed by atoms with Gasteiger partial charge in [0.15, 0.2) is 5.92 Å². The first-order valence-electron chi connectivity index (χ1n) is 5.94. The van der Waals surface area contributed by atoms with Crippen molar-refractivity contribution >= 4 is 11.9 Å². The summed E-state index contributed by atoms with van der Waals surface area (Å²) in [5.74, 6) is -2.73. The number of aliphatic carboxylic acids is 1. The Labute approximate surface area is 107 Å². The van der Waals surface area contributed by atoms with Crippen molar-refractivity contribution in [2.45, 2.75) is 26.9 Å². The Balaban J connectivity index is 2.54. The molecule has 0 radical (unpaired) electrons. The number of carbonyl (C=O) groups excluding carboxylic acids is 1. The van der Waals surface area contributed by atoms with Crippen LogP contribution in [0.25, 0.3) is 0 Å². The smallest absolute Gasteiger partial charge is 0.320 e. The van der Waals surface area contributed by atoms with Crippen molar-refractivity contribution in [1.29, 1.82) is 0 Å². The molecule has 18 heavy (non-hydrogen) atoms. The Morgan fingerprint density at radius 3 is 2.33 bits per heavy atom. The van der Waals surface area contributed by atoms with Gasteiger partial charge in [0.2, 0.25) is 0 Å². The fourth-order valence-electron chi connectivity index (χ4n) is 1.60. The third-order valence-corrected chi connectivity index (χ3v) is 2.51.